The lowest BCUT2D eigenvalue weighted by Crippen LogP contribution is -2.05. The molecule has 0 bridgehead atoms. The van der Waals surface area contributed by atoms with Crippen LogP contribution in [-0.2, 0) is 12.4 Å². The lowest BCUT2D eigenvalue weighted by Gasteiger charge is -2.08. The van der Waals surface area contributed by atoms with Crippen LogP contribution in [0.2, 0.25) is 5.02 Å². The predicted octanol–water partition coefficient (Wildman–Crippen LogP) is 3.28. The van der Waals surface area contributed by atoms with Gasteiger partial charge in [-0.05, 0) is 11.6 Å². The standard InChI is InChI=1S/C14H12Cl2N4O/c1-21-14-12-13(17-8-18-14)20(11(6-15)19-12)7-9-4-2-3-5-10(9)16/h2-5,8H,6-7H2,1H3. The Morgan fingerprint density at radius 1 is 1.24 bits per heavy atom. The molecule has 0 aliphatic heterocycles. The van der Waals surface area contributed by atoms with Crippen molar-refractivity contribution in [2.24, 2.45) is 0 Å². The van der Waals surface area contributed by atoms with E-state index >= 15 is 0 Å². The zero-order valence-corrected chi connectivity index (χ0v) is 12.8. The Kier molecular flexibility index (Phi) is 3.94. The van der Waals surface area contributed by atoms with Crippen molar-refractivity contribution in [2.75, 3.05) is 7.11 Å². The quantitative estimate of drug-likeness (QED) is 0.692. The number of halogens is 2. The first kappa shape index (κ1) is 14.1. The Bertz CT molecular complexity index is 788. The van der Waals surface area contributed by atoms with Crippen molar-refractivity contribution in [3.05, 3.63) is 47.0 Å². The van der Waals surface area contributed by atoms with E-state index in [1.807, 2.05) is 28.8 Å². The SMILES string of the molecule is COc1ncnc2c1nc(CCl)n2Cc1ccccc1Cl. The van der Waals surface area contributed by atoms with E-state index < -0.39 is 0 Å². The summed E-state index contributed by atoms with van der Waals surface area (Å²) in [5.41, 5.74) is 2.25. The summed E-state index contributed by atoms with van der Waals surface area (Å²) in [5.74, 6) is 1.40. The summed E-state index contributed by atoms with van der Waals surface area (Å²) in [6, 6.07) is 7.65. The fourth-order valence-electron chi connectivity index (χ4n) is 2.18. The molecule has 0 aliphatic rings. The summed E-state index contributed by atoms with van der Waals surface area (Å²) in [6.45, 7) is 0.540. The van der Waals surface area contributed by atoms with Crippen LogP contribution in [0.4, 0.5) is 0 Å². The first-order valence-corrected chi connectivity index (χ1v) is 7.19. The molecule has 7 heteroatoms. The second-order valence-corrected chi connectivity index (χ2v) is 5.07. The smallest absolute Gasteiger partial charge is 0.245 e. The van der Waals surface area contributed by atoms with E-state index in [-0.39, 0.29) is 5.88 Å². The number of fused-ring (bicyclic) bond motifs is 1. The normalized spacial score (nSPS) is 11.0. The van der Waals surface area contributed by atoms with Crippen molar-refractivity contribution in [2.45, 2.75) is 12.4 Å². The van der Waals surface area contributed by atoms with Gasteiger partial charge in [-0.15, -0.1) is 11.6 Å². The first-order valence-electron chi connectivity index (χ1n) is 6.28. The van der Waals surface area contributed by atoms with Gasteiger partial charge in [-0.3, -0.25) is 0 Å². The summed E-state index contributed by atoms with van der Waals surface area (Å²) in [4.78, 5) is 12.8. The van der Waals surface area contributed by atoms with Gasteiger partial charge in [0.05, 0.1) is 19.5 Å². The minimum Gasteiger partial charge on any atom is -0.479 e. The third kappa shape index (κ3) is 2.54. The number of nitrogens with zero attached hydrogens (tertiary/aromatic N) is 4. The molecule has 108 valence electrons. The highest BCUT2D eigenvalue weighted by molar-refractivity contribution is 6.31. The zero-order chi connectivity index (χ0) is 14.8. The molecule has 3 rings (SSSR count). The van der Waals surface area contributed by atoms with Gasteiger partial charge in [-0.25, -0.2) is 9.97 Å². The number of benzene rings is 1. The summed E-state index contributed by atoms with van der Waals surface area (Å²) >= 11 is 12.2. The van der Waals surface area contributed by atoms with E-state index in [9.17, 15) is 0 Å². The topological polar surface area (TPSA) is 52.8 Å². The molecule has 0 unspecified atom stereocenters. The van der Waals surface area contributed by atoms with Gasteiger partial charge in [-0.1, -0.05) is 29.8 Å². The van der Waals surface area contributed by atoms with Crippen molar-refractivity contribution >= 4 is 34.4 Å². The number of imidazole rings is 1. The highest BCUT2D eigenvalue weighted by Crippen LogP contribution is 2.25. The number of hydrogen-bond donors (Lipinski definition) is 0. The largest absolute Gasteiger partial charge is 0.479 e. The summed E-state index contributed by atoms with van der Waals surface area (Å²) in [7, 11) is 1.55. The number of alkyl halides is 1. The highest BCUT2D eigenvalue weighted by Gasteiger charge is 2.16. The molecule has 0 saturated carbocycles. The number of rotatable bonds is 4. The highest BCUT2D eigenvalue weighted by atomic mass is 35.5. The van der Waals surface area contributed by atoms with E-state index in [1.54, 1.807) is 7.11 Å². The molecule has 0 amide bonds. The van der Waals surface area contributed by atoms with Gasteiger partial charge in [0.25, 0.3) is 0 Å². The second kappa shape index (κ2) is 5.87. The van der Waals surface area contributed by atoms with Crippen LogP contribution in [0.25, 0.3) is 11.2 Å². The van der Waals surface area contributed by atoms with Crippen LogP contribution in [0.5, 0.6) is 5.88 Å². The maximum Gasteiger partial charge on any atom is 0.245 e. The summed E-state index contributed by atoms with van der Waals surface area (Å²) in [6.07, 6.45) is 1.45. The van der Waals surface area contributed by atoms with E-state index in [2.05, 4.69) is 15.0 Å². The van der Waals surface area contributed by atoms with Crippen molar-refractivity contribution in [3.63, 3.8) is 0 Å². The number of methoxy groups -OCH3 is 1. The summed E-state index contributed by atoms with van der Waals surface area (Å²) < 4.78 is 7.14. The molecule has 0 atom stereocenters. The Hall–Kier alpha value is -1.85. The first-order chi connectivity index (χ1) is 10.2. The molecule has 5 nitrogen and oxygen atoms in total. The molecule has 0 fully saturated rings. The van der Waals surface area contributed by atoms with Crippen molar-refractivity contribution < 1.29 is 4.74 Å². The van der Waals surface area contributed by atoms with Gasteiger partial charge in [0, 0.05) is 5.02 Å². The van der Waals surface area contributed by atoms with Gasteiger partial charge in [0.2, 0.25) is 5.88 Å². The molecule has 2 aromatic heterocycles. The van der Waals surface area contributed by atoms with Crippen LogP contribution in [-0.4, -0.2) is 26.6 Å². The minimum absolute atomic E-state index is 0.268. The average Bonchev–Trinajstić information content (AvgIpc) is 2.87. The molecule has 1 aromatic carbocycles. The molecular formula is C14H12Cl2N4O. The second-order valence-electron chi connectivity index (χ2n) is 4.39. The molecule has 0 N–H and O–H groups in total. The lowest BCUT2D eigenvalue weighted by molar-refractivity contribution is 0.401. The van der Waals surface area contributed by atoms with Crippen LogP contribution >= 0.6 is 23.2 Å². The van der Waals surface area contributed by atoms with Crippen LogP contribution < -0.4 is 4.74 Å². The van der Waals surface area contributed by atoms with E-state index in [4.69, 9.17) is 27.9 Å². The van der Waals surface area contributed by atoms with Crippen LogP contribution in [0, 0.1) is 0 Å². The maximum atomic E-state index is 6.22. The minimum atomic E-state index is 0.268. The number of ether oxygens (including phenoxy) is 1. The van der Waals surface area contributed by atoms with Crippen LogP contribution in [0.15, 0.2) is 30.6 Å². The Labute approximate surface area is 131 Å². The van der Waals surface area contributed by atoms with Gasteiger partial charge in [-0.2, -0.15) is 4.98 Å². The molecule has 0 radical (unpaired) electrons. The number of hydrogen-bond acceptors (Lipinski definition) is 4. The van der Waals surface area contributed by atoms with Gasteiger partial charge < -0.3 is 9.30 Å². The fourth-order valence-corrected chi connectivity index (χ4v) is 2.57. The van der Waals surface area contributed by atoms with Gasteiger partial charge in [0.1, 0.15) is 12.2 Å². The number of aromatic nitrogens is 4. The predicted molar refractivity (Wildman–Crippen MR) is 82.0 cm³/mol. The monoisotopic (exact) mass is 322 g/mol. The van der Waals surface area contributed by atoms with Crippen LogP contribution in [0.1, 0.15) is 11.4 Å². The Balaban J connectivity index is 2.15. The van der Waals surface area contributed by atoms with Crippen LogP contribution in [0.3, 0.4) is 0 Å². The van der Waals surface area contributed by atoms with E-state index in [0.29, 0.717) is 34.4 Å². The van der Waals surface area contributed by atoms with E-state index in [0.717, 1.165) is 5.56 Å². The van der Waals surface area contributed by atoms with E-state index in [1.165, 1.54) is 6.33 Å². The zero-order valence-electron chi connectivity index (χ0n) is 11.3. The molecule has 0 aliphatic carbocycles. The summed E-state index contributed by atoms with van der Waals surface area (Å²) in [5, 5.41) is 0.695. The van der Waals surface area contributed by atoms with Crippen molar-refractivity contribution in [1.82, 2.24) is 19.5 Å². The van der Waals surface area contributed by atoms with Crippen molar-refractivity contribution in [3.8, 4) is 5.88 Å². The molecule has 0 saturated heterocycles. The average molecular weight is 323 g/mol. The third-order valence-electron chi connectivity index (χ3n) is 3.18. The molecule has 3 aromatic rings. The third-order valence-corrected chi connectivity index (χ3v) is 3.78. The fraction of sp³-hybridized carbons (Fsp3) is 0.214. The van der Waals surface area contributed by atoms with Gasteiger partial charge in [0.15, 0.2) is 11.2 Å². The Morgan fingerprint density at radius 2 is 2.05 bits per heavy atom. The molecule has 2 heterocycles. The van der Waals surface area contributed by atoms with Gasteiger partial charge >= 0.3 is 0 Å². The molecule has 0 spiro atoms. The molecule has 21 heavy (non-hydrogen) atoms. The maximum absolute atomic E-state index is 6.22. The molecular weight excluding hydrogens is 311 g/mol. The lowest BCUT2D eigenvalue weighted by atomic mass is 10.2. The Morgan fingerprint density at radius 3 is 2.76 bits per heavy atom. The van der Waals surface area contributed by atoms with Crippen molar-refractivity contribution in [1.29, 1.82) is 0 Å².